The highest BCUT2D eigenvalue weighted by Crippen LogP contribution is 2.32. The molecule has 0 unspecified atom stereocenters. The fourth-order valence-corrected chi connectivity index (χ4v) is 1.90. The molecule has 0 atom stereocenters. The molecule has 0 aliphatic rings. The lowest BCUT2D eigenvalue weighted by Crippen LogP contribution is -2.25. The number of carbonyl (C=O) groups is 1. The van der Waals surface area contributed by atoms with Crippen molar-refractivity contribution in [3.05, 3.63) is 27.7 Å². The molecule has 17 heavy (non-hydrogen) atoms. The van der Waals surface area contributed by atoms with Gasteiger partial charge in [0.1, 0.15) is 5.75 Å². The van der Waals surface area contributed by atoms with Gasteiger partial charge >= 0.3 is 0 Å². The fourth-order valence-electron chi connectivity index (χ4n) is 1.31. The van der Waals surface area contributed by atoms with E-state index < -0.39 is 0 Å². The van der Waals surface area contributed by atoms with Gasteiger partial charge in [-0.3, -0.25) is 4.79 Å². The summed E-state index contributed by atoms with van der Waals surface area (Å²) in [6.07, 6.45) is 0. The average molecular weight is 277 g/mol. The maximum Gasteiger partial charge on any atom is 0.257 e. The van der Waals surface area contributed by atoms with E-state index in [-0.39, 0.29) is 12.5 Å². The minimum Gasteiger partial charge on any atom is -0.482 e. The second kappa shape index (κ2) is 6.69. The highest BCUT2D eigenvalue weighted by molar-refractivity contribution is 6.35. The van der Waals surface area contributed by atoms with Crippen LogP contribution in [0.1, 0.15) is 5.56 Å². The van der Waals surface area contributed by atoms with Crippen LogP contribution in [0.2, 0.25) is 10.0 Å². The van der Waals surface area contributed by atoms with Crippen molar-refractivity contribution >= 4 is 29.1 Å². The van der Waals surface area contributed by atoms with Crippen molar-refractivity contribution in [2.24, 2.45) is 0 Å². The number of nitrogens with one attached hydrogen (secondary N) is 2. The van der Waals surface area contributed by atoms with Crippen molar-refractivity contribution in [2.45, 2.75) is 6.54 Å². The molecule has 1 amide bonds. The van der Waals surface area contributed by atoms with E-state index in [0.717, 1.165) is 5.56 Å². The van der Waals surface area contributed by atoms with Crippen LogP contribution in [0.4, 0.5) is 0 Å². The lowest BCUT2D eigenvalue weighted by molar-refractivity contribution is -0.122. The van der Waals surface area contributed by atoms with Gasteiger partial charge in [0.05, 0.1) is 5.02 Å². The van der Waals surface area contributed by atoms with Crippen LogP contribution in [0.5, 0.6) is 5.75 Å². The number of halogens is 2. The van der Waals surface area contributed by atoms with E-state index in [2.05, 4.69) is 10.6 Å². The second-order valence-corrected chi connectivity index (χ2v) is 4.21. The summed E-state index contributed by atoms with van der Waals surface area (Å²) < 4.78 is 5.39. The van der Waals surface area contributed by atoms with Gasteiger partial charge in [0.25, 0.3) is 5.91 Å². The average Bonchev–Trinajstić information content (AvgIpc) is 2.27. The summed E-state index contributed by atoms with van der Waals surface area (Å²) in [4.78, 5) is 11.1. The Morgan fingerprint density at radius 3 is 2.65 bits per heavy atom. The number of benzene rings is 1. The van der Waals surface area contributed by atoms with Crippen LogP contribution in [0.25, 0.3) is 0 Å². The zero-order chi connectivity index (χ0) is 12.8. The number of carbonyl (C=O) groups excluding carboxylic acids is 1. The van der Waals surface area contributed by atoms with E-state index in [1.165, 1.54) is 0 Å². The summed E-state index contributed by atoms with van der Waals surface area (Å²) in [5.74, 6) is 0.264. The van der Waals surface area contributed by atoms with Crippen LogP contribution in [-0.2, 0) is 11.3 Å². The number of rotatable bonds is 5. The predicted octanol–water partition coefficient (Wildman–Crippen LogP) is 1.84. The quantitative estimate of drug-likeness (QED) is 0.863. The first-order valence-corrected chi connectivity index (χ1v) is 5.80. The molecule has 1 aromatic rings. The van der Waals surface area contributed by atoms with Gasteiger partial charge in [0, 0.05) is 24.2 Å². The Bertz CT molecular complexity index is 411. The first-order valence-electron chi connectivity index (χ1n) is 5.04. The number of hydrogen-bond donors (Lipinski definition) is 2. The SMILES string of the molecule is CNCc1cc(Cl)cc(Cl)c1OCC(=O)NC. The van der Waals surface area contributed by atoms with Gasteiger partial charge < -0.3 is 15.4 Å². The van der Waals surface area contributed by atoms with Crippen molar-refractivity contribution in [1.29, 1.82) is 0 Å². The maximum atomic E-state index is 11.1. The van der Waals surface area contributed by atoms with Gasteiger partial charge in [-0.05, 0) is 19.2 Å². The molecule has 0 saturated carbocycles. The van der Waals surface area contributed by atoms with Crippen LogP contribution in [0.15, 0.2) is 12.1 Å². The van der Waals surface area contributed by atoms with Crippen molar-refractivity contribution in [2.75, 3.05) is 20.7 Å². The largest absolute Gasteiger partial charge is 0.482 e. The van der Waals surface area contributed by atoms with Crippen LogP contribution in [0.3, 0.4) is 0 Å². The fraction of sp³-hybridized carbons (Fsp3) is 0.364. The molecular weight excluding hydrogens is 263 g/mol. The summed E-state index contributed by atoms with van der Waals surface area (Å²) in [5.41, 5.74) is 0.814. The van der Waals surface area contributed by atoms with Gasteiger partial charge in [-0.2, -0.15) is 0 Å². The highest BCUT2D eigenvalue weighted by atomic mass is 35.5. The van der Waals surface area contributed by atoms with E-state index in [9.17, 15) is 4.79 Å². The number of likely N-dealkylation sites (N-methyl/N-ethyl adjacent to an activating group) is 1. The molecule has 0 bridgehead atoms. The van der Waals surface area contributed by atoms with Crippen molar-refractivity contribution < 1.29 is 9.53 Å². The minimum atomic E-state index is -0.216. The smallest absolute Gasteiger partial charge is 0.257 e. The molecule has 0 fully saturated rings. The van der Waals surface area contributed by atoms with Crippen LogP contribution < -0.4 is 15.4 Å². The van der Waals surface area contributed by atoms with E-state index in [1.807, 2.05) is 0 Å². The highest BCUT2D eigenvalue weighted by Gasteiger charge is 2.11. The zero-order valence-electron chi connectivity index (χ0n) is 9.64. The normalized spacial score (nSPS) is 10.1. The summed E-state index contributed by atoms with van der Waals surface area (Å²) in [7, 11) is 3.35. The molecule has 0 radical (unpaired) electrons. The summed E-state index contributed by atoms with van der Waals surface area (Å²) in [6.45, 7) is 0.484. The second-order valence-electron chi connectivity index (χ2n) is 3.37. The molecule has 1 rings (SSSR count). The van der Waals surface area contributed by atoms with E-state index >= 15 is 0 Å². The molecule has 0 aliphatic heterocycles. The minimum absolute atomic E-state index is 0.0748. The molecule has 0 saturated heterocycles. The van der Waals surface area contributed by atoms with Gasteiger partial charge in [-0.1, -0.05) is 23.2 Å². The third-order valence-electron chi connectivity index (χ3n) is 2.08. The van der Waals surface area contributed by atoms with Gasteiger partial charge in [-0.15, -0.1) is 0 Å². The van der Waals surface area contributed by atoms with E-state index in [4.69, 9.17) is 27.9 Å². The predicted molar refractivity (Wildman–Crippen MR) is 68.8 cm³/mol. The van der Waals surface area contributed by atoms with Crippen LogP contribution in [0, 0.1) is 0 Å². The summed E-state index contributed by atoms with van der Waals surface area (Å²) >= 11 is 11.9. The lowest BCUT2D eigenvalue weighted by Gasteiger charge is -2.13. The van der Waals surface area contributed by atoms with E-state index in [1.54, 1.807) is 26.2 Å². The van der Waals surface area contributed by atoms with Crippen molar-refractivity contribution in [1.82, 2.24) is 10.6 Å². The molecule has 0 aliphatic carbocycles. The number of ether oxygens (including phenoxy) is 1. The van der Waals surface area contributed by atoms with Crippen molar-refractivity contribution in [3.8, 4) is 5.75 Å². The summed E-state index contributed by atoms with van der Waals surface area (Å²) in [6, 6.07) is 3.34. The van der Waals surface area contributed by atoms with Crippen molar-refractivity contribution in [3.63, 3.8) is 0 Å². The third kappa shape index (κ3) is 4.07. The Hall–Kier alpha value is -0.970. The molecule has 2 N–H and O–H groups in total. The standard InChI is InChI=1S/C11H14Cl2N2O2/c1-14-5-7-3-8(12)4-9(13)11(7)17-6-10(16)15-2/h3-4,14H,5-6H2,1-2H3,(H,15,16). The molecule has 1 aromatic carbocycles. The van der Waals surface area contributed by atoms with Crippen LogP contribution in [-0.4, -0.2) is 26.6 Å². The third-order valence-corrected chi connectivity index (χ3v) is 2.58. The molecule has 4 nitrogen and oxygen atoms in total. The Morgan fingerprint density at radius 2 is 2.06 bits per heavy atom. The van der Waals surface area contributed by atoms with Gasteiger partial charge in [0.15, 0.2) is 6.61 Å². The topological polar surface area (TPSA) is 50.4 Å². The lowest BCUT2D eigenvalue weighted by atomic mass is 10.2. The number of amides is 1. The Kier molecular flexibility index (Phi) is 5.55. The monoisotopic (exact) mass is 276 g/mol. The molecule has 6 heteroatoms. The molecular formula is C11H14Cl2N2O2. The van der Waals surface area contributed by atoms with E-state index in [0.29, 0.717) is 22.3 Å². The summed E-state index contributed by atoms with van der Waals surface area (Å²) in [5, 5.41) is 6.38. The Morgan fingerprint density at radius 1 is 1.35 bits per heavy atom. The number of hydrogen-bond acceptors (Lipinski definition) is 3. The Balaban J connectivity index is 2.91. The van der Waals surface area contributed by atoms with Crippen LogP contribution >= 0.6 is 23.2 Å². The zero-order valence-corrected chi connectivity index (χ0v) is 11.2. The maximum absolute atomic E-state index is 11.1. The Labute approximate surface area is 110 Å². The molecule has 0 heterocycles. The molecule has 0 spiro atoms. The van der Waals surface area contributed by atoms with Gasteiger partial charge in [0.2, 0.25) is 0 Å². The molecule has 0 aromatic heterocycles. The first kappa shape index (κ1) is 14.1. The first-order chi connectivity index (χ1) is 8.08. The van der Waals surface area contributed by atoms with Gasteiger partial charge in [-0.25, -0.2) is 0 Å². The molecule has 94 valence electrons.